The Morgan fingerprint density at radius 2 is 1.90 bits per heavy atom. The van der Waals surface area contributed by atoms with Crippen LogP contribution in [0, 0.1) is 0 Å². The third-order valence-corrected chi connectivity index (χ3v) is 4.34. The summed E-state index contributed by atoms with van der Waals surface area (Å²) in [6, 6.07) is 10.9. The first-order valence-corrected chi connectivity index (χ1v) is 7.69. The lowest BCUT2D eigenvalue weighted by Crippen LogP contribution is -2.35. The van der Waals surface area contributed by atoms with Crippen LogP contribution in [-0.2, 0) is 6.42 Å². The maximum absolute atomic E-state index is 5.72. The molecule has 2 aromatic rings. The summed E-state index contributed by atoms with van der Waals surface area (Å²) in [5, 5.41) is 5.85. The Morgan fingerprint density at radius 3 is 2.57 bits per heavy atom. The second-order valence-electron chi connectivity index (χ2n) is 5.67. The van der Waals surface area contributed by atoms with Gasteiger partial charge in [-0.25, -0.2) is 0 Å². The van der Waals surface area contributed by atoms with Gasteiger partial charge in [0.15, 0.2) is 0 Å². The first-order valence-electron chi connectivity index (χ1n) is 7.69. The summed E-state index contributed by atoms with van der Waals surface area (Å²) in [5.74, 6) is 1.91. The molecule has 1 unspecified atom stereocenters. The monoisotopic (exact) mass is 285 g/mol. The molecule has 21 heavy (non-hydrogen) atoms. The average molecular weight is 285 g/mol. The van der Waals surface area contributed by atoms with Gasteiger partial charge >= 0.3 is 0 Å². The normalized spacial score (nSPS) is 18.7. The standard InChI is InChI=1S/C18H23NO2/c1-20-17-12-13(11-14-7-5-6-10-19-14)18(21-2)16-9-4-3-8-15(16)17/h3-4,8-9,12,14,19H,5-7,10-11H2,1-2H3. The zero-order valence-corrected chi connectivity index (χ0v) is 12.8. The van der Waals surface area contributed by atoms with Crippen LogP contribution in [0.5, 0.6) is 11.5 Å². The highest BCUT2D eigenvalue weighted by atomic mass is 16.5. The van der Waals surface area contributed by atoms with E-state index in [2.05, 4.69) is 23.5 Å². The van der Waals surface area contributed by atoms with E-state index < -0.39 is 0 Å². The van der Waals surface area contributed by atoms with Gasteiger partial charge < -0.3 is 14.8 Å². The minimum absolute atomic E-state index is 0.540. The quantitative estimate of drug-likeness (QED) is 0.932. The van der Waals surface area contributed by atoms with Crippen LogP contribution in [-0.4, -0.2) is 26.8 Å². The number of benzene rings is 2. The summed E-state index contributed by atoms with van der Waals surface area (Å²) in [4.78, 5) is 0. The molecule has 2 aromatic carbocycles. The van der Waals surface area contributed by atoms with E-state index in [9.17, 15) is 0 Å². The summed E-state index contributed by atoms with van der Waals surface area (Å²) in [6.45, 7) is 1.12. The van der Waals surface area contributed by atoms with Crippen molar-refractivity contribution in [1.29, 1.82) is 0 Å². The molecule has 1 atom stereocenters. The molecule has 1 fully saturated rings. The van der Waals surface area contributed by atoms with Crippen molar-refractivity contribution in [2.45, 2.75) is 31.7 Å². The van der Waals surface area contributed by atoms with Crippen molar-refractivity contribution >= 4 is 10.8 Å². The lowest BCUT2D eigenvalue weighted by atomic mass is 9.95. The van der Waals surface area contributed by atoms with Gasteiger partial charge in [-0.15, -0.1) is 0 Å². The van der Waals surface area contributed by atoms with Crippen LogP contribution in [0.25, 0.3) is 10.8 Å². The van der Waals surface area contributed by atoms with E-state index in [0.717, 1.165) is 35.2 Å². The fraction of sp³-hybridized carbons (Fsp3) is 0.444. The van der Waals surface area contributed by atoms with Crippen LogP contribution < -0.4 is 14.8 Å². The summed E-state index contributed by atoms with van der Waals surface area (Å²) < 4.78 is 11.3. The van der Waals surface area contributed by atoms with E-state index in [1.54, 1.807) is 14.2 Å². The predicted octanol–water partition coefficient (Wildman–Crippen LogP) is 3.54. The van der Waals surface area contributed by atoms with Gasteiger partial charge in [0.25, 0.3) is 0 Å². The summed E-state index contributed by atoms with van der Waals surface area (Å²) in [7, 11) is 3.49. The molecule has 1 heterocycles. The van der Waals surface area contributed by atoms with Crippen molar-refractivity contribution in [3.05, 3.63) is 35.9 Å². The van der Waals surface area contributed by atoms with Gasteiger partial charge in [0.05, 0.1) is 14.2 Å². The Kier molecular flexibility index (Phi) is 4.30. The van der Waals surface area contributed by atoms with Gasteiger partial charge in [0.2, 0.25) is 0 Å². The molecule has 0 bridgehead atoms. The van der Waals surface area contributed by atoms with Gasteiger partial charge in [-0.2, -0.15) is 0 Å². The first kappa shape index (κ1) is 14.2. The van der Waals surface area contributed by atoms with Gasteiger partial charge in [-0.05, 0) is 37.4 Å². The topological polar surface area (TPSA) is 30.5 Å². The molecular weight excluding hydrogens is 262 g/mol. The fourth-order valence-electron chi connectivity index (χ4n) is 3.30. The Hall–Kier alpha value is -1.74. The molecule has 0 amide bonds. The van der Waals surface area contributed by atoms with Gasteiger partial charge in [0.1, 0.15) is 11.5 Å². The maximum atomic E-state index is 5.72. The number of fused-ring (bicyclic) bond motifs is 1. The van der Waals surface area contributed by atoms with Crippen molar-refractivity contribution in [1.82, 2.24) is 5.32 Å². The Labute approximate surface area is 126 Å². The molecule has 1 aliphatic rings. The molecule has 0 spiro atoms. The number of ether oxygens (including phenoxy) is 2. The molecule has 1 N–H and O–H groups in total. The summed E-state index contributed by atoms with van der Waals surface area (Å²) >= 11 is 0. The van der Waals surface area contributed by atoms with Crippen molar-refractivity contribution in [2.24, 2.45) is 0 Å². The van der Waals surface area contributed by atoms with E-state index >= 15 is 0 Å². The molecule has 0 aromatic heterocycles. The second-order valence-corrected chi connectivity index (χ2v) is 5.67. The lowest BCUT2D eigenvalue weighted by Gasteiger charge is -2.25. The highest BCUT2D eigenvalue weighted by Crippen LogP contribution is 2.37. The first-order chi connectivity index (χ1) is 10.3. The van der Waals surface area contributed by atoms with Crippen LogP contribution >= 0.6 is 0 Å². The third-order valence-electron chi connectivity index (χ3n) is 4.34. The zero-order valence-electron chi connectivity index (χ0n) is 12.8. The van der Waals surface area contributed by atoms with E-state index in [0.29, 0.717) is 6.04 Å². The minimum atomic E-state index is 0.540. The third kappa shape index (κ3) is 2.84. The van der Waals surface area contributed by atoms with Gasteiger partial charge in [-0.3, -0.25) is 0 Å². The van der Waals surface area contributed by atoms with Crippen molar-refractivity contribution in [3.8, 4) is 11.5 Å². The van der Waals surface area contributed by atoms with Gasteiger partial charge in [0, 0.05) is 16.8 Å². The average Bonchev–Trinajstić information content (AvgIpc) is 2.55. The zero-order chi connectivity index (χ0) is 14.7. The molecule has 0 radical (unpaired) electrons. The van der Waals surface area contributed by atoms with Crippen LogP contribution in [0.15, 0.2) is 30.3 Å². The lowest BCUT2D eigenvalue weighted by molar-refractivity contribution is 0.381. The fourth-order valence-corrected chi connectivity index (χ4v) is 3.30. The van der Waals surface area contributed by atoms with Crippen molar-refractivity contribution < 1.29 is 9.47 Å². The number of hydrogen-bond acceptors (Lipinski definition) is 3. The number of nitrogens with one attached hydrogen (secondary N) is 1. The van der Waals surface area contributed by atoms with Crippen LogP contribution in [0.2, 0.25) is 0 Å². The highest BCUT2D eigenvalue weighted by Gasteiger charge is 2.18. The largest absolute Gasteiger partial charge is 0.496 e. The number of methoxy groups -OCH3 is 2. The van der Waals surface area contributed by atoms with Crippen LogP contribution in [0.4, 0.5) is 0 Å². The number of piperidine rings is 1. The molecule has 0 saturated carbocycles. The molecular formula is C18H23NO2. The molecule has 1 aliphatic heterocycles. The van der Waals surface area contributed by atoms with Gasteiger partial charge in [-0.1, -0.05) is 30.7 Å². The SMILES string of the molecule is COc1cc(CC2CCCCN2)c(OC)c2ccccc12. The van der Waals surface area contributed by atoms with E-state index in [4.69, 9.17) is 9.47 Å². The van der Waals surface area contributed by atoms with E-state index in [1.807, 2.05) is 12.1 Å². The number of rotatable bonds is 4. The second kappa shape index (κ2) is 6.35. The Balaban J connectivity index is 2.03. The van der Waals surface area contributed by atoms with E-state index in [1.165, 1.54) is 24.8 Å². The van der Waals surface area contributed by atoms with E-state index in [-0.39, 0.29) is 0 Å². The molecule has 0 aliphatic carbocycles. The molecule has 112 valence electrons. The Morgan fingerprint density at radius 1 is 1.10 bits per heavy atom. The predicted molar refractivity (Wildman–Crippen MR) is 86.4 cm³/mol. The van der Waals surface area contributed by atoms with Crippen LogP contribution in [0.3, 0.4) is 0 Å². The molecule has 3 rings (SSSR count). The van der Waals surface area contributed by atoms with Crippen molar-refractivity contribution in [2.75, 3.05) is 20.8 Å². The summed E-state index contributed by atoms with van der Waals surface area (Å²) in [6.07, 6.45) is 4.82. The molecule has 3 nitrogen and oxygen atoms in total. The number of hydrogen-bond donors (Lipinski definition) is 1. The molecule has 1 saturated heterocycles. The highest BCUT2D eigenvalue weighted by molar-refractivity contribution is 5.94. The van der Waals surface area contributed by atoms with Crippen LogP contribution in [0.1, 0.15) is 24.8 Å². The minimum Gasteiger partial charge on any atom is -0.496 e. The smallest absolute Gasteiger partial charge is 0.130 e. The maximum Gasteiger partial charge on any atom is 0.130 e. The van der Waals surface area contributed by atoms with Crippen molar-refractivity contribution in [3.63, 3.8) is 0 Å². The molecule has 3 heteroatoms. The Bertz CT molecular complexity index is 618. The summed E-state index contributed by atoms with van der Waals surface area (Å²) in [5.41, 5.74) is 1.23.